The minimum atomic E-state index is -0.911. The van der Waals surface area contributed by atoms with Crippen LogP contribution >= 0.6 is 0 Å². The molecule has 5 nitrogen and oxygen atoms in total. The van der Waals surface area contributed by atoms with Crippen LogP contribution in [0.5, 0.6) is 0 Å². The van der Waals surface area contributed by atoms with Crippen molar-refractivity contribution < 1.29 is 33.2 Å². The summed E-state index contributed by atoms with van der Waals surface area (Å²) in [6, 6.07) is 4.01. The summed E-state index contributed by atoms with van der Waals surface area (Å²) >= 11 is 0. The Labute approximate surface area is 132 Å². The van der Waals surface area contributed by atoms with Gasteiger partial charge in [0, 0.05) is 11.9 Å². The molecule has 0 saturated carbocycles. The van der Waals surface area contributed by atoms with Crippen LogP contribution in [0.4, 0.5) is 0 Å². The van der Waals surface area contributed by atoms with E-state index in [1.165, 1.54) is 0 Å². The molecule has 0 aromatic carbocycles. The van der Waals surface area contributed by atoms with E-state index in [1.807, 2.05) is 26.2 Å². The third kappa shape index (κ3) is 4.99. The van der Waals surface area contributed by atoms with Crippen LogP contribution in [-0.4, -0.2) is 43.0 Å². The maximum atomic E-state index is 10.8. The van der Waals surface area contributed by atoms with Crippen molar-refractivity contribution in [3.63, 3.8) is 0 Å². The first-order valence-electron chi connectivity index (χ1n) is 6.70. The van der Waals surface area contributed by atoms with Gasteiger partial charge in [-0.15, -0.1) is 0 Å². The molecule has 0 aliphatic carbocycles. The first-order chi connectivity index (χ1) is 9.04. The van der Waals surface area contributed by atoms with Crippen LogP contribution in [0.2, 0.25) is 0 Å². The Morgan fingerprint density at radius 3 is 2.50 bits per heavy atom. The summed E-state index contributed by atoms with van der Waals surface area (Å²) in [6.45, 7) is 3.14. The Balaban J connectivity index is 0.00000200. The predicted octanol–water partition coefficient (Wildman–Crippen LogP) is -2.69. The fourth-order valence-corrected chi connectivity index (χ4v) is 2.45. The van der Waals surface area contributed by atoms with Gasteiger partial charge < -0.3 is 19.2 Å². The van der Waals surface area contributed by atoms with Gasteiger partial charge in [-0.2, -0.15) is 0 Å². The van der Waals surface area contributed by atoms with E-state index < -0.39 is 5.97 Å². The molecule has 1 fully saturated rings. The minimum Gasteiger partial charge on any atom is -0.550 e. The topological polar surface area (TPSA) is 59.8 Å². The molecular formula is C14H21LiN2O3. The van der Waals surface area contributed by atoms with Crippen LogP contribution in [0.15, 0.2) is 16.5 Å². The molecule has 2 rings (SSSR count). The van der Waals surface area contributed by atoms with E-state index >= 15 is 0 Å². The van der Waals surface area contributed by atoms with Gasteiger partial charge in [0.1, 0.15) is 11.5 Å². The van der Waals surface area contributed by atoms with Crippen LogP contribution < -0.4 is 24.0 Å². The SMILES string of the molecule is CN(C)Cc1ccc(CN2CCC(C(=O)[O-])CC2)o1.[Li+]. The zero-order valence-corrected chi connectivity index (χ0v) is 12.6. The normalized spacial score (nSPS) is 17.1. The minimum absolute atomic E-state index is 0. The molecular weight excluding hydrogens is 251 g/mol. The Morgan fingerprint density at radius 2 is 1.95 bits per heavy atom. The molecule has 6 heteroatoms. The summed E-state index contributed by atoms with van der Waals surface area (Å²) in [7, 11) is 4.01. The summed E-state index contributed by atoms with van der Waals surface area (Å²) in [5, 5.41) is 10.8. The molecule has 1 aromatic rings. The van der Waals surface area contributed by atoms with E-state index in [0.717, 1.165) is 37.7 Å². The molecule has 1 aliphatic rings. The smallest absolute Gasteiger partial charge is 0.550 e. The number of carbonyl (C=O) groups excluding carboxylic acids is 1. The second-order valence-corrected chi connectivity index (χ2v) is 5.48. The number of furan rings is 1. The van der Waals surface area contributed by atoms with Crippen molar-refractivity contribution in [1.29, 1.82) is 0 Å². The average molecular weight is 272 g/mol. The van der Waals surface area contributed by atoms with Gasteiger partial charge in [-0.05, 0) is 52.2 Å². The maximum Gasteiger partial charge on any atom is 1.00 e. The van der Waals surface area contributed by atoms with Crippen molar-refractivity contribution in [3.8, 4) is 0 Å². The molecule has 0 bridgehead atoms. The van der Waals surface area contributed by atoms with E-state index in [2.05, 4.69) is 9.80 Å². The van der Waals surface area contributed by atoms with Crippen molar-refractivity contribution in [3.05, 3.63) is 23.7 Å². The number of aliphatic carboxylic acids is 1. The summed E-state index contributed by atoms with van der Waals surface area (Å²) in [6.07, 6.45) is 1.35. The molecule has 0 radical (unpaired) electrons. The summed E-state index contributed by atoms with van der Waals surface area (Å²) in [4.78, 5) is 15.1. The van der Waals surface area contributed by atoms with Gasteiger partial charge >= 0.3 is 18.9 Å². The molecule has 0 unspecified atom stereocenters. The van der Waals surface area contributed by atoms with Crippen molar-refractivity contribution in [1.82, 2.24) is 9.80 Å². The second-order valence-electron chi connectivity index (χ2n) is 5.48. The maximum absolute atomic E-state index is 10.8. The molecule has 0 spiro atoms. The van der Waals surface area contributed by atoms with E-state index in [4.69, 9.17) is 4.42 Å². The predicted molar refractivity (Wildman–Crippen MR) is 69.1 cm³/mol. The molecule has 0 atom stereocenters. The number of nitrogens with zero attached hydrogens (tertiary/aromatic N) is 2. The van der Waals surface area contributed by atoms with E-state index in [0.29, 0.717) is 12.8 Å². The van der Waals surface area contributed by atoms with Gasteiger partial charge in [0.15, 0.2) is 0 Å². The third-order valence-corrected chi connectivity index (χ3v) is 3.49. The first kappa shape index (κ1) is 17.3. The Hall–Kier alpha value is -0.733. The number of carbonyl (C=O) groups is 1. The first-order valence-corrected chi connectivity index (χ1v) is 6.70. The number of hydrogen-bond donors (Lipinski definition) is 0. The molecule has 106 valence electrons. The molecule has 0 amide bonds. The van der Waals surface area contributed by atoms with Gasteiger partial charge in [-0.1, -0.05) is 0 Å². The fraction of sp³-hybridized carbons (Fsp3) is 0.643. The number of hydrogen-bond acceptors (Lipinski definition) is 5. The standard InChI is InChI=1S/C14H22N2O3.Li/c1-15(2)9-12-3-4-13(19-12)10-16-7-5-11(6-8-16)14(17)18;/h3-4,11H,5-10H2,1-2H3,(H,17,18);/q;+1/p-1. The van der Waals surface area contributed by atoms with E-state index in [-0.39, 0.29) is 24.8 Å². The van der Waals surface area contributed by atoms with Gasteiger partial charge in [0.2, 0.25) is 0 Å². The number of piperidine rings is 1. The van der Waals surface area contributed by atoms with Crippen LogP contribution in [-0.2, 0) is 17.9 Å². The Kier molecular flexibility index (Phi) is 6.84. The van der Waals surface area contributed by atoms with E-state index in [9.17, 15) is 9.90 Å². The summed E-state index contributed by atoms with van der Waals surface area (Å²) in [5.41, 5.74) is 0. The number of carboxylic acids is 1. The zero-order chi connectivity index (χ0) is 13.8. The van der Waals surface area contributed by atoms with Crippen molar-refractivity contribution in [2.45, 2.75) is 25.9 Å². The molecule has 1 aliphatic heterocycles. The largest absolute Gasteiger partial charge is 1.00 e. The van der Waals surface area contributed by atoms with Crippen molar-refractivity contribution >= 4 is 5.97 Å². The Bertz CT molecular complexity index is 426. The number of likely N-dealkylation sites (tertiary alicyclic amines) is 1. The van der Waals surface area contributed by atoms with Crippen LogP contribution in [0.25, 0.3) is 0 Å². The third-order valence-electron chi connectivity index (χ3n) is 3.49. The zero-order valence-electron chi connectivity index (χ0n) is 12.6. The molecule has 2 heterocycles. The monoisotopic (exact) mass is 272 g/mol. The molecule has 1 saturated heterocycles. The van der Waals surface area contributed by atoms with Crippen molar-refractivity contribution in [2.75, 3.05) is 27.2 Å². The average Bonchev–Trinajstić information content (AvgIpc) is 2.76. The second kappa shape index (κ2) is 7.89. The van der Waals surface area contributed by atoms with Crippen LogP contribution in [0, 0.1) is 5.92 Å². The van der Waals surface area contributed by atoms with Gasteiger partial charge in [-0.25, -0.2) is 0 Å². The quantitative estimate of drug-likeness (QED) is 0.546. The molecule has 0 N–H and O–H groups in total. The number of carboxylic acid groups (broad SMARTS) is 1. The fourth-order valence-electron chi connectivity index (χ4n) is 2.45. The number of rotatable bonds is 5. The Morgan fingerprint density at radius 1 is 1.35 bits per heavy atom. The van der Waals surface area contributed by atoms with E-state index in [1.54, 1.807) is 0 Å². The van der Waals surface area contributed by atoms with Gasteiger partial charge in [-0.3, -0.25) is 4.90 Å². The molecule has 20 heavy (non-hydrogen) atoms. The van der Waals surface area contributed by atoms with Gasteiger partial charge in [0.05, 0.1) is 13.1 Å². The molecule has 1 aromatic heterocycles. The summed E-state index contributed by atoms with van der Waals surface area (Å²) < 4.78 is 5.76. The van der Waals surface area contributed by atoms with Crippen LogP contribution in [0.3, 0.4) is 0 Å². The van der Waals surface area contributed by atoms with Crippen molar-refractivity contribution in [2.24, 2.45) is 5.92 Å². The summed E-state index contributed by atoms with van der Waals surface area (Å²) in [5.74, 6) is 0.719. The van der Waals surface area contributed by atoms with Crippen LogP contribution in [0.1, 0.15) is 24.4 Å². The van der Waals surface area contributed by atoms with Gasteiger partial charge in [0.25, 0.3) is 0 Å².